The van der Waals surface area contributed by atoms with Crippen molar-refractivity contribution in [2.45, 2.75) is 26.7 Å². The summed E-state index contributed by atoms with van der Waals surface area (Å²) in [6.45, 7) is 4.23. The fourth-order valence-corrected chi connectivity index (χ4v) is 1.68. The van der Waals surface area contributed by atoms with Gasteiger partial charge < -0.3 is 4.74 Å². The van der Waals surface area contributed by atoms with Crippen molar-refractivity contribution < 1.29 is 4.74 Å². The minimum Gasteiger partial charge on any atom is -0.496 e. The molecule has 0 amide bonds. The van der Waals surface area contributed by atoms with Crippen LogP contribution in [-0.2, 0) is 0 Å². The van der Waals surface area contributed by atoms with Crippen LogP contribution in [0.25, 0.3) is 0 Å². The fraction of sp³-hybridized carbons (Fsp3) is 0.462. The first kappa shape index (κ1) is 11.8. The van der Waals surface area contributed by atoms with Gasteiger partial charge in [-0.2, -0.15) is 0 Å². The van der Waals surface area contributed by atoms with Crippen LogP contribution in [-0.4, -0.2) is 19.9 Å². The van der Waals surface area contributed by atoms with E-state index in [1.807, 2.05) is 13.1 Å². The van der Waals surface area contributed by atoms with Crippen molar-refractivity contribution in [3.8, 4) is 5.75 Å². The molecule has 2 heteroatoms. The maximum absolute atomic E-state index is 5.23. The largest absolute Gasteiger partial charge is 0.496 e. The molecule has 0 unspecified atom stereocenters. The summed E-state index contributed by atoms with van der Waals surface area (Å²) in [5.41, 5.74) is 3.54. The maximum atomic E-state index is 5.23. The normalized spacial score (nSPS) is 11.6. The molecule has 1 rings (SSSR count). The van der Waals surface area contributed by atoms with Crippen molar-refractivity contribution in [3.05, 3.63) is 29.3 Å². The standard InChI is InChI=1S/C13H19NO/c1-5-6-12(14-3)11-7-8-13(15-4)10(2)9-11/h7-9H,5-6H2,1-4H3. The molecule has 1 aromatic rings. The topological polar surface area (TPSA) is 21.6 Å². The van der Waals surface area contributed by atoms with Crippen LogP contribution in [0.5, 0.6) is 5.75 Å². The Balaban J connectivity index is 3.00. The number of aryl methyl sites for hydroxylation is 1. The molecule has 15 heavy (non-hydrogen) atoms. The van der Waals surface area contributed by atoms with Crippen molar-refractivity contribution in [2.24, 2.45) is 4.99 Å². The van der Waals surface area contributed by atoms with Crippen molar-refractivity contribution in [1.29, 1.82) is 0 Å². The van der Waals surface area contributed by atoms with E-state index in [0.717, 1.165) is 24.2 Å². The minimum atomic E-state index is 0.936. The number of hydrogen-bond acceptors (Lipinski definition) is 2. The predicted octanol–water partition coefficient (Wildman–Crippen LogP) is 3.22. The third-order valence-corrected chi connectivity index (χ3v) is 2.48. The van der Waals surface area contributed by atoms with E-state index in [2.05, 4.69) is 31.0 Å². The van der Waals surface area contributed by atoms with E-state index in [9.17, 15) is 0 Å². The van der Waals surface area contributed by atoms with Crippen LogP contribution in [0.1, 0.15) is 30.9 Å². The molecular formula is C13H19NO. The van der Waals surface area contributed by atoms with Gasteiger partial charge in [0.1, 0.15) is 5.75 Å². The van der Waals surface area contributed by atoms with E-state index in [1.165, 1.54) is 11.3 Å². The highest BCUT2D eigenvalue weighted by Crippen LogP contribution is 2.19. The zero-order valence-corrected chi connectivity index (χ0v) is 10.0. The molecule has 82 valence electrons. The van der Waals surface area contributed by atoms with Gasteiger partial charge in [0.15, 0.2) is 0 Å². The van der Waals surface area contributed by atoms with E-state index in [4.69, 9.17) is 4.74 Å². The van der Waals surface area contributed by atoms with Gasteiger partial charge in [-0.25, -0.2) is 0 Å². The summed E-state index contributed by atoms with van der Waals surface area (Å²) >= 11 is 0. The summed E-state index contributed by atoms with van der Waals surface area (Å²) in [5.74, 6) is 0.936. The van der Waals surface area contributed by atoms with Gasteiger partial charge in [-0.15, -0.1) is 0 Å². The van der Waals surface area contributed by atoms with E-state index in [1.54, 1.807) is 7.11 Å². The van der Waals surface area contributed by atoms with Crippen LogP contribution in [0.2, 0.25) is 0 Å². The Labute approximate surface area is 92.0 Å². The summed E-state index contributed by atoms with van der Waals surface area (Å²) < 4.78 is 5.23. The first-order valence-electron chi connectivity index (χ1n) is 5.33. The molecule has 0 heterocycles. The van der Waals surface area contributed by atoms with Crippen molar-refractivity contribution in [1.82, 2.24) is 0 Å². The lowest BCUT2D eigenvalue weighted by atomic mass is 10.0. The molecule has 2 nitrogen and oxygen atoms in total. The lowest BCUT2D eigenvalue weighted by molar-refractivity contribution is 0.411. The zero-order chi connectivity index (χ0) is 11.3. The Morgan fingerprint density at radius 3 is 2.60 bits per heavy atom. The zero-order valence-electron chi connectivity index (χ0n) is 10.0. The smallest absolute Gasteiger partial charge is 0.121 e. The number of methoxy groups -OCH3 is 1. The first-order valence-corrected chi connectivity index (χ1v) is 5.33. The Bertz CT molecular complexity index is 356. The number of aliphatic imine (C=N–C) groups is 1. The molecule has 0 aliphatic carbocycles. The second-order valence-corrected chi connectivity index (χ2v) is 3.60. The summed E-state index contributed by atoms with van der Waals surface area (Å²) in [6.07, 6.45) is 2.15. The SMILES string of the molecule is CCCC(=NC)c1ccc(OC)c(C)c1. The third-order valence-electron chi connectivity index (χ3n) is 2.48. The van der Waals surface area contributed by atoms with Gasteiger partial charge in [-0.05, 0) is 42.7 Å². The molecule has 0 saturated heterocycles. The fourth-order valence-electron chi connectivity index (χ4n) is 1.68. The lowest BCUT2D eigenvalue weighted by Gasteiger charge is -2.08. The second-order valence-electron chi connectivity index (χ2n) is 3.60. The van der Waals surface area contributed by atoms with Gasteiger partial charge in [0.05, 0.1) is 7.11 Å². The highest BCUT2D eigenvalue weighted by atomic mass is 16.5. The molecule has 1 aromatic carbocycles. The Kier molecular flexibility index (Phi) is 4.35. The molecule has 0 saturated carbocycles. The average Bonchev–Trinajstić information content (AvgIpc) is 2.25. The molecular weight excluding hydrogens is 186 g/mol. The van der Waals surface area contributed by atoms with Crippen molar-refractivity contribution >= 4 is 5.71 Å². The minimum absolute atomic E-state index is 0.936. The Morgan fingerprint density at radius 2 is 2.13 bits per heavy atom. The van der Waals surface area contributed by atoms with E-state index < -0.39 is 0 Å². The lowest BCUT2D eigenvalue weighted by Crippen LogP contribution is -2.01. The van der Waals surface area contributed by atoms with Crippen LogP contribution in [0.3, 0.4) is 0 Å². The number of nitrogens with zero attached hydrogens (tertiary/aromatic N) is 1. The summed E-state index contributed by atoms with van der Waals surface area (Å²) in [4.78, 5) is 4.32. The summed E-state index contributed by atoms with van der Waals surface area (Å²) in [7, 11) is 3.55. The van der Waals surface area contributed by atoms with Gasteiger partial charge in [0, 0.05) is 12.8 Å². The van der Waals surface area contributed by atoms with Crippen molar-refractivity contribution in [2.75, 3.05) is 14.2 Å². The summed E-state index contributed by atoms with van der Waals surface area (Å²) in [6, 6.07) is 6.21. The Morgan fingerprint density at radius 1 is 1.40 bits per heavy atom. The van der Waals surface area contributed by atoms with Crippen LogP contribution in [0, 0.1) is 6.92 Å². The van der Waals surface area contributed by atoms with Crippen LogP contribution >= 0.6 is 0 Å². The van der Waals surface area contributed by atoms with E-state index >= 15 is 0 Å². The molecule has 0 spiro atoms. The van der Waals surface area contributed by atoms with Crippen LogP contribution in [0.4, 0.5) is 0 Å². The number of benzene rings is 1. The predicted molar refractivity (Wildman–Crippen MR) is 65.1 cm³/mol. The highest BCUT2D eigenvalue weighted by molar-refractivity contribution is 6.00. The third kappa shape index (κ3) is 2.82. The first-order chi connectivity index (χ1) is 7.22. The highest BCUT2D eigenvalue weighted by Gasteiger charge is 2.04. The molecule has 0 radical (unpaired) electrons. The average molecular weight is 205 g/mol. The van der Waals surface area contributed by atoms with Crippen LogP contribution in [0.15, 0.2) is 23.2 Å². The molecule has 0 aromatic heterocycles. The molecule has 0 atom stereocenters. The molecule has 0 aliphatic heterocycles. The van der Waals surface area contributed by atoms with Crippen molar-refractivity contribution in [3.63, 3.8) is 0 Å². The quantitative estimate of drug-likeness (QED) is 0.691. The number of rotatable bonds is 4. The summed E-state index contributed by atoms with van der Waals surface area (Å²) in [5, 5.41) is 0. The van der Waals surface area contributed by atoms with E-state index in [-0.39, 0.29) is 0 Å². The van der Waals surface area contributed by atoms with Gasteiger partial charge in [-0.1, -0.05) is 13.3 Å². The van der Waals surface area contributed by atoms with Gasteiger partial charge in [0.25, 0.3) is 0 Å². The number of ether oxygens (including phenoxy) is 1. The monoisotopic (exact) mass is 205 g/mol. The van der Waals surface area contributed by atoms with Gasteiger partial charge in [0.2, 0.25) is 0 Å². The van der Waals surface area contributed by atoms with Crippen LogP contribution < -0.4 is 4.74 Å². The number of hydrogen-bond donors (Lipinski definition) is 0. The van der Waals surface area contributed by atoms with Gasteiger partial charge >= 0.3 is 0 Å². The maximum Gasteiger partial charge on any atom is 0.121 e. The van der Waals surface area contributed by atoms with Gasteiger partial charge in [-0.3, -0.25) is 4.99 Å². The van der Waals surface area contributed by atoms with E-state index in [0.29, 0.717) is 0 Å². The Hall–Kier alpha value is -1.31. The molecule has 0 aliphatic rings. The molecule has 0 bridgehead atoms. The second kappa shape index (κ2) is 5.54. The molecule has 0 fully saturated rings. The molecule has 0 N–H and O–H groups in total.